The molecule has 0 spiro atoms. The van der Waals surface area contributed by atoms with Crippen LogP contribution in [0.2, 0.25) is 0 Å². The first-order valence-electron chi connectivity index (χ1n) is 6.55. The summed E-state index contributed by atoms with van der Waals surface area (Å²) in [7, 11) is 0. The van der Waals surface area contributed by atoms with Crippen molar-refractivity contribution >= 4 is 5.97 Å². The van der Waals surface area contributed by atoms with Crippen LogP contribution in [0.5, 0.6) is 0 Å². The van der Waals surface area contributed by atoms with Gasteiger partial charge in [0.15, 0.2) is 0 Å². The molecule has 18 heavy (non-hydrogen) atoms. The van der Waals surface area contributed by atoms with E-state index in [4.69, 9.17) is 9.84 Å². The molecule has 0 saturated heterocycles. The van der Waals surface area contributed by atoms with Crippen molar-refractivity contribution in [3.8, 4) is 0 Å². The summed E-state index contributed by atoms with van der Waals surface area (Å²) in [5.41, 5.74) is 2.23. The molecule has 1 aromatic heterocycles. The molecule has 0 bridgehead atoms. The van der Waals surface area contributed by atoms with Gasteiger partial charge in [-0.05, 0) is 32.8 Å². The van der Waals surface area contributed by atoms with E-state index in [1.807, 2.05) is 18.4 Å². The van der Waals surface area contributed by atoms with Crippen LogP contribution in [0.3, 0.4) is 0 Å². The summed E-state index contributed by atoms with van der Waals surface area (Å²) in [4.78, 5) is 11.0. The van der Waals surface area contributed by atoms with Crippen molar-refractivity contribution < 1.29 is 14.6 Å². The highest BCUT2D eigenvalue weighted by Crippen LogP contribution is 2.15. The van der Waals surface area contributed by atoms with E-state index >= 15 is 0 Å². The molecule has 0 fully saturated rings. The Morgan fingerprint density at radius 1 is 1.33 bits per heavy atom. The van der Waals surface area contributed by atoms with Crippen LogP contribution in [0.4, 0.5) is 0 Å². The molecule has 4 heteroatoms. The zero-order chi connectivity index (χ0) is 13.5. The molecule has 1 heterocycles. The lowest BCUT2D eigenvalue weighted by Gasteiger charge is -2.09. The van der Waals surface area contributed by atoms with E-state index in [1.165, 1.54) is 0 Å². The van der Waals surface area contributed by atoms with Gasteiger partial charge in [-0.3, -0.25) is 0 Å². The van der Waals surface area contributed by atoms with E-state index in [0.717, 1.165) is 50.4 Å². The van der Waals surface area contributed by atoms with Crippen molar-refractivity contribution in [1.82, 2.24) is 4.57 Å². The van der Waals surface area contributed by atoms with Gasteiger partial charge in [0, 0.05) is 31.1 Å². The third-order valence-corrected chi connectivity index (χ3v) is 3.12. The maximum Gasteiger partial charge on any atom is 0.337 e. The molecule has 0 amide bonds. The number of hydrogen-bond donors (Lipinski definition) is 1. The molecule has 1 rings (SSSR count). The number of carboxylic acids is 1. The Bertz CT molecular complexity index is 396. The summed E-state index contributed by atoms with van der Waals surface area (Å²) in [6.45, 7) is 8.31. The number of ether oxygens (including phenoxy) is 1. The summed E-state index contributed by atoms with van der Waals surface area (Å²) >= 11 is 0. The second kappa shape index (κ2) is 7.21. The van der Waals surface area contributed by atoms with E-state index < -0.39 is 5.97 Å². The highest BCUT2D eigenvalue weighted by molar-refractivity contribution is 5.89. The number of aryl methyl sites for hydroxylation is 1. The number of hydrogen-bond acceptors (Lipinski definition) is 2. The third kappa shape index (κ3) is 3.88. The molecule has 0 aliphatic heterocycles. The Morgan fingerprint density at radius 3 is 2.56 bits per heavy atom. The van der Waals surface area contributed by atoms with E-state index in [9.17, 15) is 4.79 Å². The van der Waals surface area contributed by atoms with Crippen molar-refractivity contribution in [2.24, 2.45) is 0 Å². The lowest BCUT2D eigenvalue weighted by Crippen LogP contribution is -2.07. The second-order valence-electron chi connectivity index (χ2n) is 4.56. The fourth-order valence-corrected chi connectivity index (χ4v) is 2.03. The van der Waals surface area contributed by atoms with Crippen molar-refractivity contribution in [1.29, 1.82) is 0 Å². The molecule has 0 aliphatic carbocycles. The van der Waals surface area contributed by atoms with E-state index in [1.54, 1.807) is 6.07 Å². The molecule has 102 valence electrons. The summed E-state index contributed by atoms with van der Waals surface area (Å²) in [5.74, 6) is -0.853. The highest BCUT2D eigenvalue weighted by atomic mass is 16.5. The number of carbonyl (C=O) groups is 1. The van der Waals surface area contributed by atoms with Crippen LogP contribution in [-0.2, 0) is 11.3 Å². The van der Waals surface area contributed by atoms with Crippen LogP contribution in [0, 0.1) is 13.8 Å². The average Bonchev–Trinajstić information content (AvgIpc) is 2.60. The van der Waals surface area contributed by atoms with E-state index in [2.05, 4.69) is 6.92 Å². The maximum atomic E-state index is 11.0. The first-order chi connectivity index (χ1) is 8.57. The fourth-order valence-electron chi connectivity index (χ4n) is 2.03. The Labute approximate surface area is 109 Å². The molecule has 1 N–H and O–H groups in total. The van der Waals surface area contributed by atoms with Gasteiger partial charge in [-0.25, -0.2) is 4.79 Å². The van der Waals surface area contributed by atoms with Crippen LogP contribution >= 0.6 is 0 Å². The molecule has 1 aromatic rings. The normalized spacial score (nSPS) is 10.8. The lowest BCUT2D eigenvalue weighted by molar-refractivity contribution is 0.0696. The van der Waals surface area contributed by atoms with Crippen LogP contribution < -0.4 is 0 Å². The first-order valence-corrected chi connectivity index (χ1v) is 6.55. The number of aromatic carboxylic acids is 1. The van der Waals surface area contributed by atoms with Gasteiger partial charge in [-0.2, -0.15) is 0 Å². The Kier molecular flexibility index (Phi) is 5.92. The number of carboxylic acid groups (broad SMARTS) is 1. The molecular weight excluding hydrogens is 230 g/mol. The van der Waals surface area contributed by atoms with Crippen molar-refractivity contribution in [3.05, 3.63) is 23.0 Å². The predicted molar refractivity (Wildman–Crippen MR) is 71.2 cm³/mol. The fraction of sp³-hybridized carbons (Fsp3) is 0.643. The minimum Gasteiger partial charge on any atom is -0.478 e. The van der Waals surface area contributed by atoms with Crippen molar-refractivity contribution in [2.45, 2.75) is 46.6 Å². The molecule has 0 aliphatic rings. The molecule has 0 radical (unpaired) electrons. The maximum absolute atomic E-state index is 11.0. The summed E-state index contributed by atoms with van der Waals surface area (Å²) in [5, 5.41) is 9.03. The van der Waals surface area contributed by atoms with E-state index in [0.29, 0.717) is 5.56 Å². The number of unbranched alkanes of at least 4 members (excludes halogenated alkanes) is 1. The van der Waals surface area contributed by atoms with Gasteiger partial charge in [0.2, 0.25) is 0 Å². The smallest absolute Gasteiger partial charge is 0.337 e. The van der Waals surface area contributed by atoms with Gasteiger partial charge in [-0.15, -0.1) is 0 Å². The minimum atomic E-state index is -0.853. The second-order valence-corrected chi connectivity index (χ2v) is 4.56. The quantitative estimate of drug-likeness (QED) is 0.724. The Hall–Kier alpha value is -1.29. The minimum absolute atomic E-state index is 0.402. The van der Waals surface area contributed by atoms with Crippen molar-refractivity contribution in [3.63, 3.8) is 0 Å². The zero-order valence-electron chi connectivity index (χ0n) is 11.5. The van der Waals surface area contributed by atoms with Crippen LogP contribution in [0.1, 0.15) is 47.9 Å². The first kappa shape index (κ1) is 14.8. The van der Waals surface area contributed by atoms with Gasteiger partial charge >= 0.3 is 5.97 Å². The van der Waals surface area contributed by atoms with Crippen LogP contribution in [-0.4, -0.2) is 28.9 Å². The molecule has 0 atom stereocenters. The molecular formula is C14H23NO3. The summed E-state index contributed by atoms with van der Waals surface area (Å²) in [6.07, 6.45) is 3.17. The Morgan fingerprint density at radius 2 is 2.00 bits per heavy atom. The number of nitrogens with zero attached hydrogens (tertiary/aromatic N) is 1. The standard InChI is InChI=1S/C14H23NO3/c1-4-5-8-18-9-6-7-15-11(2)10-13(12(15)3)14(16)17/h10H,4-9H2,1-3H3,(H,16,17). The summed E-state index contributed by atoms with van der Waals surface area (Å²) < 4.78 is 7.55. The Balaban J connectivity index is 2.45. The number of rotatable bonds is 8. The molecule has 0 aromatic carbocycles. The van der Waals surface area contributed by atoms with Gasteiger partial charge < -0.3 is 14.4 Å². The van der Waals surface area contributed by atoms with Gasteiger partial charge in [0.1, 0.15) is 0 Å². The van der Waals surface area contributed by atoms with Crippen LogP contribution in [0.25, 0.3) is 0 Å². The van der Waals surface area contributed by atoms with Gasteiger partial charge in [0.05, 0.1) is 5.56 Å². The van der Waals surface area contributed by atoms with E-state index in [-0.39, 0.29) is 0 Å². The average molecular weight is 253 g/mol. The van der Waals surface area contributed by atoms with Crippen LogP contribution in [0.15, 0.2) is 6.07 Å². The highest BCUT2D eigenvalue weighted by Gasteiger charge is 2.13. The SMILES string of the molecule is CCCCOCCCn1c(C)cc(C(=O)O)c1C. The monoisotopic (exact) mass is 253 g/mol. The molecule has 4 nitrogen and oxygen atoms in total. The van der Waals surface area contributed by atoms with Crippen molar-refractivity contribution in [2.75, 3.05) is 13.2 Å². The third-order valence-electron chi connectivity index (χ3n) is 3.12. The molecule has 0 unspecified atom stereocenters. The largest absolute Gasteiger partial charge is 0.478 e. The van der Waals surface area contributed by atoms with Gasteiger partial charge in [0.25, 0.3) is 0 Å². The zero-order valence-corrected chi connectivity index (χ0v) is 11.5. The molecule has 0 saturated carbocycles. The predicted octanol–water partition coefficient (Wildman–Crippen LogP) is 3.01. The summed E-state index contributed by atoms with van der Waals surface area (Å²) in [6, 6.07) is 1.73. The lowest BCUT2D eigenvalue weighted by atomic mass is 10.2. The van der Waals surface area contributed by atoms with Gasteiger partial charge in [-0.1, -0.05) is 13.3 Å². The number of aromatic nitrogens is 1. The topological polar surface area (TPSA) is 51.5 Å².